The molecule has 1 rings (SSSR count). The van der Waals surface area contributed by atoms with Crippen molar-refractivity contribution in [3.05, 3.63) is 10.5 Å². The van der Waals surface area contributed by atoms with E-state index in [9.17, 15) is 9.59 Å². The maximum absolute atomic E-state index is 10.6. The van der Waals surface area contributed by atoms with Crippen LogP contribution in [0, 0.1) is 0 Å². The number of aromatic amines is 1. The molecular formula is C5H7N3O3S. The Morgan fingerprint density at radius 2 is 2.50 bits per heavy atom. The fraction of sp³-hybridized carbons (Fsp3) is 0.400. The number of carboxylic acid groups (broad SMARTS) is 1. The number of rotatable bonds is 3. The number of aromatic nitrogens is 3. The molecule has 66 valence electrons. The van der Waals surface area contributed by atoms with Crippen LogP contribution in [0.15, 0.2) is 9.95 Å². The average Bonchev–Trinajstić information content (AvgIpc) is 2.26. The van der Waals surface area contributed by atoms with E-state index in [1.54, 1.807) is 7.05 Å². The summed E-state index contributed by atoms with van der Waals surface area (Å²) in [4.78, 5) is 24.3. The van der Waals surface area contributed by atoms with Crippen molar-refractivity contribution in [2.45, 2.75) is 5.16 Å². The largest absolute Gasteiger partial charge is 0.481 e. The lowest BCUT2D eigenvalue weighted by atomic mass is 10.8. The van der Waals surface area contributed by atoms with Crippen molar-refractivity contribution in [3.63, 3.8) is 0 Å². The van der Waals surface area contributed by atoms with Crippen LogP contribution in [0.2, 0.25) is 0 Å². The molecule has 0 bridgehead atoms. The molecule has 12 heavy (non-hydrogen) atoms. The summed E-state index contributed by atoms with van der Waals surface area (Å²) in [5.74, 6) is -1.03. The third-order valence-corrected chi connectivity index (χ3v) is 2.09. The molecule has 0 aliphatic rings. The van der Waals surface area contributed by atoms with Gasteiger partial charge in [-0.15, -0.1) is 0 Å². The van der Waals surface area contributed by atoms with E-state index in [1.807, 2.05) is 0 Å². The third-order valence-electron chi connectivity index (χ3n) is 1.07. The van der Waals surface area contributed by atoms with Crippen LogP contribution in [0.1, 0.15) is 0 Å². The predicted molar refractivity (Wildman–Crippen MR) is 42.2 cm³/mol. The fourth-order valence-electron chi connectivity index (χ4n) is 0.634. The molecular weight excluding hydrogens is 182 g/mol. The van der Waals surface area contributed by atoms with Crippen molar-refractivity contribution < 1.29 is 9.90 Å². The zero-order chi connectivity index (χ0) is 9.14. The summed E-state index contributed by atoms with van der Waals surface area (Å²) in [5.41, 5.74) is -0.467. The number of nitrogens with one attached hydrogen (secondary N) is 1. The van der Waals surface area contributed by atoms with E-state index in [-0.39, 0.29) is 5.75 Å². The molecule has 1 aromatic heterocycles. The maximum atomic E-state index is 10.6. The molecule has 7 heteroatoms. The van der Waals surface area contributed by atoms with Gasteiger partial charge in [-0.05, 0) is 0 Å². The Labute approximate surface area is 71.6 Å². The zero-order valence-electron chi connectivity index (χ0n) is 6.27. The van der Waals surface area contributed by atoms with Gasteiger partial charge in [-0.25, -0.2) is 9.89 Å². The topological polar surface area (TPSA) is 88.0 Å². The monoisotopic (exact) mass is 189 g/mol. The Hall–Kier alpha value is -1.24. The average molecular weight is 189 g/mol. The van der Waals surface area contributed by atoms with Crippen molar-refractivity contribution >= 4 is 17.7 Å². The summed E-state index contributed by atoms with van der Waals surface area (Å²) >= 11 is 0.997. The SMILES string of the molecule is Cn1[nH]c(=O)nc1SCC(=O)O. The van der Waals surface area contributed by atoms with Gasteiger partial charge in [0.2, 0.25) is 0 Å². The van der Waals surface area contributed by atoms with Crippen LogP contribution in [0.3, 0.4) is 0 Å². The number of thioether (sulfide) groups is 1. The van der Waals surface area contributed by atoms with Crippen LogP contribution >= 0.6 is 11.8 Å². The molecule has 0 aliphatic carbocycles. The molecule has 0 saturated heterocycles. The summed E-state index contributed by atoms with van der Waals surface area (Å²) in [6, 6.07) is 0. The molecule has 0 saturated carbocycles. The van der Waals surface area contributed by atoms with Crippen LogP contribution in [0.5, 0.6) is 0 Å². The maximum Gasteiger partial charge on any atom is 0.362 e. The highest BCUT2D eigenvalue weighted by atomic mass is 32.2. The first-order valence-corrected chi connectivity index (χ1v) is 4.06. The Bertz CT molecular complexity index is 342. The number of aliphatic carboxylic acids is 1. The van der Waals surface area contributed by atoms with E-state index in [0.29, 0.717) is 5.16 Å². The van der Waals surface area contributed by atoms with Crippen LogP contribution in [0.25, 0.3) is 0 Å². The van der Waals surface area contributed by atoms with Crippen LogP contribution < -0.4 is 5.69 Å². The second-order valence-corrected chi connectivity index (χ2v) is 3.00. The smallest absolute Gasteiger partial charge is 0.362 e. The first-order valence-electron chi connectivity index (χ1n) is 3.07. The summed E-state index contributed by atoms with van der Waals surface area (Å²) in [6.07, 6.45) is 0. The zero-order valence-corrected chi connectivity index (χ0v) is 7.09. The second kappa shape index (κ2) is 3.44. The van der Waals surface area contributed by atoms with Gasteiger partial charge in [0.25, 0.3) is 0 Å². The lowest BCUT2D eigenvalue weighted by Gasteiger charge is -1.95. The van der Waals surface area contributed by atoms with E-state index >= 15 is 0 Å². The minimum absolute atomic E-state index is 0.0991. The molecule has 0 amide bonds. The van der Waals surface area contributed by atoms with Gasteiger partial charge in [0, 0.05) is 7.05 Å². The van der Waals surface area contributed by atoms with Gasteiger partial charge >= 0.3 is 11.7 Å². The van der Waals surface area contributed by atoms with E-state index in [4.69, 9.17) is 5.11 Å². The van der Waals surface area contributed by atoms with Crippen molar-refractivity contribution in [2.75, 3.05) is 5.75 Å². The number of carboxylic acids is 1. The molecule has 2 N–H and O–H groups in total. The normalized spacial score (nSPS) is 10.1. The van der Waals surface area contributed by atoms with E-state index in [1.165, 1.54) is 4.68 Å². The summed E-state index contributed by atoms with van der Waals surface area (Å²) in [5, 5.41) is 11.1. The number of aryl methyl sites for hydroxylation is 1. The number of hydrogen-bond donors (Lipinski definition) is 2. The Morgan fingerprint density at radius 3 is 2.92 bits per heavy atom. The quantitative estimate of drug-likeness (QED) is 0.613. The van der Waals surface area contributed by atoms with Gasteiger partial charge in [-0.3, -0.25) is 9.48 Å². The summed E-state index contributed by atoms with van der Waals surface area (Å²) in [6.45, 7) is 0. The first kappa shape index (κ1) is 8.85. The molecule has 0 radical (unpaired) electrons. The minimum Gasteiger partial charge on any atom is -0.481 e. The second-order valence-electron chi connectivity index (χ2n) is 2.05. The molecule has 1 heterocycles. The first-order chi connectivity index (χ1) is 5.59. The molecule has 0 atom stereocenters. The number of H-pyrrole nitrogens is 1. The van der Waals surface area contributed by atoms with Crippen molar-refractivity contribution in [2.24, 2.45) is 7.05 Å². The van der Waals surface area contributed by atoms with Crippen LogP contribution in [-0.2, 0) is 11.8 Å². The van der Waals surface area contributed by atoms with Crippen molar-refractivity contribution in [1.29, 1.82) is 0 Å². The van der Waals surface area contributed by atoms with Gasteiger partial charge in [0.15, 0.2) is 5.16 Å². The highest BCUT2D eigenvalue weighted by Crippen LogP contribution is 2.10. The molecule has 6 nitrogen and oxygen atoms in total. The van der Waals surface area contributed by atoms with Gasteiger partial charge in [0.05, 0.1) is 5.75 Å². The van der Waals surface area contributed by atoms with Gasteiger partial charge in [-0.1, -0.05) is 11.8 Å². The Balaban J connectivity index is 2.69. The molecule has 1 aromatic rings. The van der Waals surface area contributed by atoms with Gasteiger partial charge in [0.1, 0.15) is 0 Å². The Morgan fingerprint density at radius 1 is 1.83 bits per heavy atom. The third kappa shape index (κ3) is 2.12. The number of carbonyl (C=O) groups is 1. The molecule has 0 unspecified atom stereocenters. The van der Waals surface area contributed by atoms with Crippen LogP contribution in [-0.4, -0.2) is 31.6 Å². The van der Waals surface area contributed by atoms with E-state index in [0.717, 1.165) is 11.8 Å². The highest BCUT2D eigenvalue weighted by molar-refractivity contribution is 7.99. The number of hydrogen-bond acceptors (Lipinski definition) is 4. The van der Waals surface area contributed by atoms with Crippen molar-refractivity contribution in [1.82, 2.24) is 14.8 Å². The number of nitrogens with zero attached hydrogens (tertiary/aromatic N) is 2. The summed E-state index contributed by atoms with van der Waals surface area (Å²) in [7, 11) is 1.60. The van der Waals surface area contributed by atoms with E-state index < -0.39 is 11.7 Å². The molecule has 0 spiro atoms. The van der Waals surface area contributed by atoms with Crippen molar-refractivity contribution in [3.8, 4) is 0 Å². The lowest BCUT2D eigenvalue weighted by molar-refractivity contribution is -0.133. The fourth-order valence-corrected chi connectivity index (χ4v) is 1.27. The summed E-state index contributed by atoms with van der Waals surface area (Å²) < 4.78 is 1.38. The van der Waals surface area contributed by atoms with E-state index in [2.05, 4.69) is 10.1 Å². The minimum atomic E-state index is -0.935. The molecule has 0 aromatic carbocycles. The van der Waals surface area contributed by atoms with Gasteiger partial charge < -0.3 is 5.11 Å². The van der Waals surface area contributed by atoms with Crippen LogP contribution in [0.4, 0.5) is 0 Å². The molecule has 0 fully saturated rings. The predicted octanol–water partition coefficient (Wildman–Crippen LogP) is -0.715. The lowest BCUT2D eigenvalue weighted by Crippen LogP contribution is -2.03. The standard InChI is InChI=1S/C5H7N3O3S/c1-8-5(6-4(11)7-8)12-2-3(9)10/h2H2,1H3,(H,7,11)(H,9,10). The molecule has 0 aliphatic heterocycles. The highest BCUT2D eigenvalue weighted by Gasteiger charge is 2.05. The van der Waals surface area contributed by atoms with Gasteiger partial charge in [-0.2, -0.15) is 4.98 Å². The Kier molecular flexibility index (Phi) is 2.54.